The number of halogens is 4. The summed E-state index contributed by atoms with van der Waals surface area (Å²) < 4.78 is 35.4. The van der Waals surface area contributed by atoms with Crippen LogP contribution >= 0.6 is 12.4 Å². The molecule has 0 bridgehead atoms. The fourth-order valence-electron chi connectivity index (χ4n) is 0.627. The van der Waals surface area contributed by atoms with Crippen LogP contribution in [0.15, 0.2) is 30.3 Å². The molecule has 0 saturated carbocycles. The van der Waals surface area contributed by atoms with Crippen molar-refractivity contribution in [2.45, 2.75) is 6.18 Å². The van der Waals surface area contributed by atoms with E-state index in [4.69, 9.17) is 0 Å². The molecular formula is C7H6ClF3. The summed E-state index contributed by atoms with van der Waals surface area (Å²) >= 11 is 0. The number of rotatable bonds is 0. The van der Waals surface area contributed by atoms with Crippen molar-refractivity contribution in [1.29, 1.82) is 0 Å². The minimum Gasteiger partial charge on any atom is -0.166 e. The molecule has 0 spiro atoms. The summed E-state index contributed by atoms with van der Waals surface area (Å²) in [6.45, 7) is 0. The van der Waals surface area contributed by atoms with Gasteiger partial charge < -0.3 is 0 Å². The Morgan fingerprint density at radius 2 is 1.36 bits per heavy atom. The van der Waals surface area contributed by atoms with Gasteiger partial charge in [-0.05, 0) is 0 Å². The van der Waals surface area contributed by atoms with Gasteiger partial charge in [-0.25, -0.2) is 0 Å². The number of hydrogen-bond acceptors (Lipinski definition) is 0. The predicted molar refractivity (Wildman–Crippen MR) is 38.7 cm³/mol. The Morgan fingerprint density at radius 3 is 1.64 bits per heavy atom. The second-order valence-electron chi connectivity index (χ2n) is 1.86. The second-order valence-corrected chi connectivity index (χ2v) is 1.86. The van der Waals surface area contributed by atoms with Gasteiger partial charge in [-0.15, -0.1) is 12.4 Å². The lowest BCUT2D eigenvalue weighted by molar-refractivity contribution is -0.137. The molecule has 0 unspecified atom stereocenters. The molecule has 62 valence electrons. The Labute approximate surface area is 68.4 Å². The molecule has 0 aliphatic rings. The number of hydrogen-bond donors (Lipinski definition) is 0. The van der Waals surface area contributed by atoms with E-state index in [-0.39, 0.29) is 12.4 Å². The lowest BCUT2D eigenvalue weighted by Gasteiger charge is -2.03. The van der Waals surface area contributed by atoms with Crippen molar-refractivity contribution in [3.8, 4) is 0 Å². The average molecular weight is 183 g/mol. The Kier molecular flexibility index (Phi) is 3.39. The molecule has 0 atom stereocenters. The molecule has 0 aliphatic heterocycles. The lowest BCUT2D eigenvalue weighted by atomic mass is 10.2. The quantitative estimate of drug-likeness (QED) is 0.578. The van der Waals surface area contributed by atoms with Crippen LogP contribution in [0.2, 0.25) is 0 Å². The van der Waals surface area contributed by atoms with E-state index in [1.807, 2.05) is 0 Å². The molecule has 11 heavy (non-hydrogen) atoms. The first kappa shape index (κ1) is 10.3. The largest absolute Gasteiger partial charge is 0.416 e. The zero-order valence-electron chi connectivity index (χ0n) is 5.43. The molecule has 1 aromatic rings. The van der Waals surface area contributed by atoms with Crippen LogP contribution in [0.25, 0.3) is 0 Å². The van der Waals surface area contributed by atoms with Gasteiger partial charge in [-0.1, -0.05) is 30.3 Å². The first-order valence-corrected chi connectivity index (χ1v) is 2.73. The van der Waals surface area contributed by atoms with Crippen LogP contribution in [0.3, 0.4) is 0 Å². The Bertz CT molecular complexity index is 205. The molecule has 4 heteroatoms. The third-order valence-corrected chi connectivity index (χ3v) is 1.10. The van der Waals surface area contributed by atoms with Crippen molar-refractivity contribution in [1.82, 2.24) is 0 Å². The molecule has 0 radical (unpaired) electrons. The van der Waals surface area contributed by atoms with E-state index in [0.717, 1.165) is 12.1 Å². The topological polar surface area (TPSA) is 0 Å². The summed E-state index contributed by atoms with van der Waals surface area (Å²) in [6, 6.07) is 6.36. The van der Waals surface area contributed by atoms with Crippen molar-refractivity contribution in [3.63, 3.8) is 0 Å². The van der Waals surface area contributed by atoms with Crippen LogP contribution in [-0.4, -0.2) is 0 Å². The van der Waals surface area contributed by atoms with Crippen molar-refractivity contribution < 1.29 is 13.2 Å². The third-order valence-electron chi connectivity index (χ3n) is 1.10. The minimum atomic E-state index is -4.21. The minimum absolute atomic E-state index is 0. The summed E-state index contributed by atoms with van der Waals surface area (Å²) in [6.07, 6.45) is -4.21. The molecule has 0 nitrogen and oxygen atoms in total. The highest BCUT2D eigenvalue weighted by Gasteiger charge is 2.29. The van der Waals surface area contributed by atoms with Gasteiger partial charge in [-0.3, -0.25) is 0 Å². The lowest BCUT2D eigenvalue weighted by Crippen LogP contribution is -2.03. The summed E-state index contributed by atoms with van der Waals surface area (Å²) in [5.41, 5.74) is -0.602. The van der Waals surface area contributed by atoms with Gasteiger partial charge >= 0.3 is 6.18 Å². The Hall–Kier alpha value is -0.700. The monoisotopic (exact) mass is 182 g/mol. The summed E-state index contributed by atoms with van der Waals surface area (Å²) in [7, 11) is 0. The standard InChI is InChI=1S/C7H5F3.ClH/c8-7(9,10)6-4-2-1-3-5-6;/h1-5H;1H. The van der Waals surface area contributed by atoms with Crippen LogP contribution in [0.4, 0.5) is 13.2 Å². The molecule has 0 heterocycles. The zero-order chi connectivity index (χ0) is 7.61. The van der Waals surface area contributed by atoms with E-state index in [2.05, 4.69) is 0 Å². The van der Waals surface area contributed by atoms with E-state index >= 15 is 0 Å². The summed E-state index contributed by atoms with van der Waals surface area (Å²) in [4.78, 5) is 0. The average Bonchev–Trinajstić information content (AvgIpc) is 1.88. The van der Waals surface area contributed by atoms with Crippen molar-refractivity contribution >= 4 is 12.4 Å². The molecule has 0 aliphatic carbocycles. The van der Waals surface area contributed by atoms with Crippen LogP contribution < -0.4 is 0 Å². The predicted octanol–water partition coefficient (Wildman–Crippen LogP) is 3.13. The molecule has 1 rings (SSSR count). The van der Waals surface area contributed by atoms with Gasteiger partial charge in [0.1, 0.15) is 0 Å². The fraction of sp³-hybridized carbons (Fsp3) is 0.143. The SMILES string of the molecule is Cl.FC(F)(F)c1ccccc1. The molecular weight excluding hydrogens is 177 g/mol. The first-order valence-electron chi connectivity index (χ1n) is 2.73. The van der Waals surface area contributed by atoms with Gasteiger partial charge in [0.2, 0.25) is 0 Å². The first-order chi connectivity index (χ1) is 4.61. The Balaban J connectivity index is 0.000001000. The van der Waals surface area contributed by atoms with Gasteiger partial charge in [-0.2, -0.15) is 13.2 Å². The maximum atomic E-state index is 11.8. The van der Waals surface area contributed by atoms with E-state index < -0.39 is 11.7 Å². The molecule has 0 saturated heterocycles. The van der Waals surface area contributed by atoms with Gasteiger partial charge in [0.05, 0.1) is 5.56 Å². The maximum Gasteiger partial charge on any atom is 0.416 e. The smallest absolute Gasteiger partial charge is 0.166 e. The molecule has 0 fully saturated rings. The van der Waals surface area contributed by atoms with Crippen LogP contribution in [0.5, 0.6) is 0 Å². The summed E-state index contributed by atoms with van der Waals surface area (Å²) in [5.74, 6) is 0. The van der Waals surface area contributed by atoms with Gasteiger partial charge in [0, 0.05) is 0 Å². The molecule has 1 aromatic carbocycles. The van der Waals surface area contributed by atoms with E-state index in [9.17, 15) is 13.2 Å². The third kappa shape index (κ3) is 2.80. The zero-order valence-corrected chi connectivity index (χ0v) is 6.25. The van der Waals surface area contributed by atoms with Crippen molar-refractivity contribution in [2.75, 3.05) is 0 Å². The molecule has 0 amide bonds. The van der Waals surface area contributed by atoms with Gasteiger partial charge in [0.25, 0.3) is 0 Å². The van der Waals surface area contributed by atoms with Crippen LogP contribution in [0, 0.1) is 0 Å². The highest BCUT2D eigenvalue weighted by molar-refractivity contribution is 5.85. The highest BCUT2D eigenvalue weighted by Crippen LogP contribution is 2.28. The molecule has 0 N–H and O–H groups in total. The normalized spacial score (nSPS) is 10.5. The summed E-state index contributed by atoms with van der Waals surface area (Å²) in [5, 5.41) is 0. The van der Waals surface area contributed by atoms with Crippen LogP contribution in [-0.2, 0) is 6.18 Å². The highest BCUT2D eigenvalue weighted by atomic mass is 35.5. The molecule has 0 aromatic heterocycles. The van der Waals surface area contributed by atoms with E-state index in [0.29, 0.717) is 0 Å². The second kappa shape index (κ2) is 3.62. The fourth-order valence-corrected chi connectivity index (χ4v) is 0.627. The van der Waals surface area contributed by atoms with E-state index in [1.165, 1.54) is 12.1 Å². The number of benzene rings is 1. The van der Waals surface area contributed by atoms with Crippen molar-refractivity contribution in [3.05, 3.63) is 35.9 Å². The van der Waals surface area contributed by atoms with Gasteiger partial charge in [0.15, 0.2) is 0 Å². The van der Waals surface area contributed by atoms with E-state index in [1.54, 1.807) is 6.07 Å². The maximum absolute atomic E-state index is 11.8. The van der Waals surface area contributed by atoms with Crippen molar-refractivity contribution in [2.24, 2.45) is 0 Å². The van der Waals surface area contributed by atoms with Crippen LogP contribution in [0.1, 0.15) is 5.56 Å². The Morgan fingerprint density at radius 1 is 0.909 bits per heavy atom. The number of alkyl halides is 3.